The fraction of sp³-hybridized carbons (Fsp3) is 0.591. The molecule has 1 heterocycles. The Balaban J connectivity index is 1.38. The Morgan fingerprint density at radius 1 is 1.23 bits per heavy atom. The summed E-state index contributed by atoms with van der Waals surface area (Å²) < 4.78 is 0. The molecule has 26 heavy (non-hydrogen) atoms. The average Bonchev–Trinajstić information content (AvgIpc) is 3.17. The van der Waals surface area contributed by atoms with E-state index in [9.17, 15) is 9.90 Å². The van der Waals surface area contributed by atoms with Crippen molar-refractivity contribution >= 4 is 5.91 Å². The molecule has 0 saturated carbocycles. The van der Waals surface area contributed by atoms with Gasteiger partial charge in [0.1, 0.15) is 0 Å². The first kappa shape index (κ1) is 19.1. The van der Waals surface area contributed by atoms with Crippen molar-refractivity contribution in [1.29, 1.82) is 0 Å². The van der Waals surface area contributed by atoms with Crippen LogP contribution in [0.4, 0.5) is 0 Å². The summed E-state index contributed by atoms with van der Waals surface area (Å²) in [5.74, 6) is 1.31. The summed E-state index contributed by atoms with van der Waals surface area (Å²) >= 11 is 0. The highest BCUT2D eigenvalue weighted by Gasteiger charge is 2.24. The summed E-state index contributed by atoms with van der Waals surface area (Å²) in [5.41, 5.74) is 0.987. The van der Waals surface area contributed by atoms with Crippen molar-refractivity contribution < 1.29 is 9.90 Å². The van der Waals surface area contributed by atoms with E-state index < -0.39 is 6.10 Å². The number of rotatable bonds is 7. The monoisotopic (exact) mass is 356 g/mol. The number of likely N-dealkylation sites (tertiary alicyclic amines) is 1. The average molecular weight is 357 g/mol. The lowest BCUT2D eigenvalue weighted by Gasteiger charge is -2.35. The van der Waals surface area contributed by atoms with E-state index in [4.69, 9.17) is 0 Å². The molecule has 2 atom stereocenters. The van der Waals surface area contributed by atoms with Gasteiger partial charge in [-0.3, -0.25) is 4.79 Å². The molecule has 1 saturated heterocycles. The van der Waals surface area contributed by atoms with Gasteiger partial charge in [0.25, 0.3) is 0 Å². The molecule has 1 N–H and O–H groups in total. The third kappa shape index (κ3) is 5.42. The number of β-amino-alcohol motifs (C(OH)–C–C–N with tert-alkyl or cyclic N) is 1. The molecule has 1 amide bonds. The third-order valence-corrected chi connectivity index (χ3v) is 5.83. The quantitative estimate of drug-likeness (QED) is 0.763. The number of benzene rings is 1. The number of aliphatic hydroxyl groups is 1. The molecule has 1 fully saturated rings. The first-order valence-corrected chi connectivity index (χ1v) is 9.98. The number of carbonyl (C=O) groups excluding carboxylic acids is 1. The molecular weight excluding hydrogens is 324 g/mol. The lowest BCUT2D eigenvalue weighted by Crippen LogP contribution is -2.41. The summed E-state index contributed by atoms with van der Waals surface area (Å²) in [7, 11) is 1.95. The van der Waals surface area contributed by atoms with Crippen LogP contribution in [0.15, 0.2) is 42.5 Å². The van der Waals surface area contributed by atoms with E-state index in [1.165, 1.54) is 0 Å². The van der Waals surface area contributed by atoms with Gasteiger partial charge >= 0.3 is 0 Å². The molecular formula is C22H32N2O2. The van der Waals surface area contributed by atoms with Gasteiger partial charge in [0.15, 0.2) is 0 Å². The summed E-state index contributed by atoms with van der Waals surface area (Å²) in [6.45, 7) is 3.56. The summed E-state index contributed by atoms with van der Waals surface area (Å²) in [6.07, 6.45) is 9.08. The maximum absolute atomic E-state index is 12.4. The molecule has 3 rings (SSSR count). The maximum Gasteiger partial charge on any atom is 0.222 e. The minimum absolute atomic E-state index is 0.281. The van der Waals surface area contributed by atoms with E-state index in [-0.39, 0.29) is 5.91 Å². The largest absolute Gasteiger partial charge is 0.387 e. The first-order valence-electron chi connectivity index (χ1n) is 9.98. The van der Waals surface area contributed by atoms with Crippen molar-refractivity contribution in [2.45, 2.75) is 38.2 Å². The van der Waals surface area contributed by atoms with Crippen molar-refractivity contribution in [3.63, 3.8) is 0 Å². The highest BCUT2D eigenvalue weighted by molar-refractivity contribution is 5.76. The zero-order chi connectivity index (χ0) is 18.4. The Hall–Kier alpha value is -1.65. The number of allylic oxidation sites excluding steroid dienone is 2. The van der Waals surface area contributed by atoms with Crippen LogP contribution < -0.4 is 0 Å². The minimum Gasteiger partial charge on any atom is -0.387 e. The van der Waals surface area contributed by atoms with E-state index in [0.717, 1.165) is 50.9 Å². The normalized spacial score (nSPS) is 22.5. The lowest BCUT2D eigenvalue weighted by atomic mass is 9.95. The van der Waals surface area contributed by atoms with E-state index in [1.807, 2.05) is 42.3 Å². The smallest absolute Gasteiger partial charge is 0.222 e. The number of piperidine rings is 1. The Bertz CT molecular complexity index is 593. The molecule has 0 radical (unpaired) electrons. The molecule has 1 aliphatic carbocycles. The van der Waals surface area contributed by atoms with Gasteiger partial charge in [-0.1, -0.05) is 42.5 Å². The van der Waals surface area contributed by atoms with Crippen LogP contribution in [-0.4, -0.2) is 54.0 Å². The summed E-state index contributed by atoms with van der Waals surface area (Å²) in [6, 6.07) is 9.88. The predicted octanol–water partition coefficient (Wildman–Crippen LogP) is 3.25. The molecule has 4 heteroatoms. The van der Waals surface area contributed by atoms with Gasteiger partial charge in [0.05, 0.1) is 6.10 Å². The predicted molar refractivity (Wildman–Crippen MR) is 105 cm³/mol. The van der Waals surface area contributed by atoms with Crippen molar-refractivity contribution in [1.82, 2.24) is 9.80 Å². The highest BCUT2D eigenvalue weighted by atomic mass is 16.3. The lowest BCUT2D eigenvalue weighted by molar-refractivity contribution is -0.131. The van der Waals surface area contributed by atoms with Crippen molar-refractivity contribution in [3.05, 3.63) is 48.0 Å². The number of amides is 1. The molecule has 1 aliphatic heterocycles. The highest BCUT2D eigenvalue weighted by Crippen LogP contribution is 2.24. The topological polar surface area (TPSA) is 43.8 Å². The van der Waals surface area contributed by atoms with Gasteiger partial charge in [0.2, 0.25) is 5.91 Å². The zero-order valence-corrected chi connectivity index (χ0v) is 15.9. The van der Waals surface area contributed by atoms with E-state index in [2.05, 4.69) is 17.1 Å². The van der Waals surface area contributed by atoms with Crippen molar-refractivity contribution in [3.8, 4) is 0 Å². The number of hydrogen-bond acceptors (Lipinski definition) is 3. The fourth-order valence-corrected chi connectivity index (χ4v) is 4.11. The second-order valence-corrected chi connectivity index (χ2v) is 7.91. The maximum atomic E-state index is 12.4. The standard InChI is InChI=1S/C22H32N2O2/c1-23(22(26)15-18-7-5-6-8-18)16-19-11-13-24(14-12-19)17-21(25)20-9-3-2-4-10-20/h2-5,7,9-10,18-19,21,25H,6,8,11-17H2,1H3/t18-,21-/m1/s1. The number of carbonyl (C=O) groups is 1. The molecule has 1 aromatic carbocycles. The van der Waals surface area contributed by atoms with Crippen LogP contribution in [0.5, 0.6) is 0 Å². The van der Waals surface area contributed by atoms with Crippen molar-refractivity contribution in [2.24, 2.45) is 11.8 Å². The third-order valence-electron chi connectivity index (χ3n) is 5.83. The Labute approximate surface area is 157 Å². The molecule has 0 aromatic heterocycles. The van der Waals surface area contributed by atoms with Gasteiger partial charge in [-0.15, -0.1) is 0 Å². The van der Waals surface area contributed by atoms with E-state index >= 15 is 0 Å². The zero-order valence-electron chi connectivity index (χ0n) is 15.9. The van der Waals surface area contributed by atoms with Crippen LogP contribution in [0.1, 0.15) is 43.8 Å². The Kier molecular flexibility index (Phi) is 6.86. The number of nitrogens with zero attached hydrogens (tertiary/aromatic N) is 2. The van der Waals surface area contributed by atoms with Crippen LogP contribution in [0.25, 0.3) is 0 Å². The SMILES string of the molecule is CN(CC1CCN(C[C@@H](O)c2ccccc2)CC1)C(=O)C[C@@H]1C=CCC1. The molecule has 2 aliphatic rings. The summed E-state index contributed by atoms with van der Waals surface area (Å²) in [4.78, 5) is 16.7. The van der Waals surface area contributed by atoms with E-state index in [1.54, 1.807) is 0 Å². The van der Waals surface area contributed by atoms with Gasteiger partial charge in [-0.2, -0.15) is 0 Å². The van der Waals surface area contributed by atoms with Crippen molar-refractivity contribution in [2.75, 3.05) is 33.2 Å². The second kappa shape index (κ2) is 9.33. The molecule has 0 unspecified atom stereocenters. The molecule has 1 aromatic rings. The van der Waals surface area contributed by atoms with Crippen LogP contribution in [0.3, 0.4) is 0 Å². The second-order valence-electron chi connectivity index (χ2n) is 7.91. The van der Waals surface area contributed by atoms with Crippen LogP contribution in [0.2, 0.25) is 0 Å². The van der Waals surface area contributed by atoms with Gasteiger partial charge < -0.3 is 14.9 Å². The molecule has 4 nitrogen and oxygen atoms in total. The first-order chi connectivity index (χ1) is 12.6. The molecule has 0 bridgehead atoms. The number of aliphatic hydroxyl groups excluding tert-OH is 1. The number of hydrogen-bond donors (Lipinski definition) is 1. The van der Waals surface area contributed by atoms with Gasteiger partial charge in [-0.05, 0) is 56.2 Å². The van der Waals surface area contributed by atoms with Crippen LogP contribution >= 0.6 is 0 Å². The minimum atomic E-state index is -0.420. The fourth-order valence-electron chi connectivity index (χ4n) is 4.11. The van der Waals surface area contributed by atoms with E-state index in [0.29, 0.717) is 24.8 Å². The molecule has 0 spiro atoms. The van der Waals surface area contributed by atoms with Gasteiger partial charge in [-0.25, -0.2) is 0 Å². The Morgan fingerprint density at radius 2 is 1.96 bits per heavy atom. The molecule has 142 valence electrons. The van der Waals surface area contributed by atoms with Crippen LogP contribution in [0, 0.1) is 11.8 Å². The summed E-state index contributed by atoms with van der Waals surface area (Å²) in [5, 5.41) is 10.4. The Morgan fingerprint density at radius 3 is 2.62 bits per heavy atom. The van der Waals surface area contributed by atoms with Gasteiger partial charge in [0, 0.05) is 26.6 Å². The van der Waals surface area contributed by atoms with Crippen LogP contribution in [-0.2, 0) is 4.79 Å².